The Morgan fingerprint density at radius 1 is 0.905 bits per heavy atom. The number of rotatable bonds is 3. The summed E-state index contributed by atoms with van der Waals surface area (Å²) in [6.45, 7) is 0. The summed E-state index contributed by atoms with van der Waals surface area (Å²) < 4.78 is 0. The number of hydrazine groups is 1. The van der Waals surface area contributed by atoms with E-state index in [0.29, 0.717) is 16.5 Å². The number of benzene rings is 2. The van der Waals surface area contributed by atoms with Crippen LogP contribution in [0.2, 0.25) is 5.15 Å². The van der Waals surface area contributed by atoms with Crippen LogP contribution in [-0.4, -0.2) is 16.1 Å². The molecule has 0 unspecified atom stereocenters. The summed E-state index contributed by atoms with van der Waals surface area (Å²) in [7, 11) is 0. The van der Waals surface area contributed by atoms with Crippen LogP contribution in [0, 0.1) is 0 Å². The van der Waals surface area contributed by atoms with Gasteiger partial charge in [-0.2, -0.15) is 0 Å². The van der Waals surface area contributed by atoms with Crippen molar-refractivity contribution < 1.29 is 4.79 Å². The fourth-order valence-electron chi connectivity index (χ4n) is 1.94. The lowest BCUT2D eigenvalue weighted by molar-refractivity contribution is 0.0962. The maximum Gasteiger partial charge on any atom is 0.269 e. The van der Waals surface area contributed by atoms with E-state index in [0.717, 1.165) is 10.8 Å². The van der Waals surface area contributed by atoms with E-state index in [-0.39, 0.29) is 5.91 Å². The van der Waals surface area contributed by atoms with Crippen molar-refractivity contribution in [2.24, 2.45) is 0 Å². The van der Waals surface area contributed by atoms with Crippen LogP contribution < -0.4 is 10.9 Å². The van der Waals surface area contributed by atoms with Gasteiger partial charge < -0.3 is 0 Å². The third kappa shape index (κ3) is 2.78. The molecule has 1 heterocycles. The van der Waals surface area contributed by atoms with Gasteiger partial charge in [0.2, 0.25) is 0 Å². The number of anilines is 1. The van der Waals surface area contributed by atoms with Gasteiger partial charge in [0, 0.05) is 16.3 Å². The summed E-state index contributed by atoms with van der Waals surface area (Å²) in [6, 6.07) is 16.3. The second-order valence-corrected chi connectivity index (χ2v) is 4.69. The SMILES string of the molecule is O=C(NNc1nnc(Cl)c2ccccc12)c1ccccc1. The van der Waals surface area contributed by atoms with E-state index in [1.165, 1.54) is 0 Å². The zero-order valence-corrected chi connectivity index (χ0v) is 11.6. The molecule has 2 aromatic carbocycles. The van der Waals surface area contributed by atoms with Crippen molar-refractivity contribution in [3.05, 3.63) is 65.3 Å². The minimum Gasteiger partial charge on any atom is -0.280 e. The average molecular weight is 299 g/mol. The van der Waals surface area contributed by atoms with E-state index in [4.69, 9.17) is 11.6 Å². The predicted molar refractivity (Wildman–Crippen MR) is 82.1 cm³/mol. The second kappa shape index (κ2) is 5.76. The van der Waals surface area contributed by atoms with Crippen molar-refractivity contribution in [3.8, 4) is 0 Å². The third-order valence-corrected chi connectivity index (χ3v) is 3.25. The number of fused-ring (bicyclic) bond motifs is 1. The monoisotopic (exact) mass is 298 g/mol. The molecule has 1 amide bonds. The molecule has 0 spiro atoms. The zero-order chi connectivity index (χ0) is 14.7. The largest absolute Gasteiger partial charge is 0.280 e. The number of halogens is 1. The first-order chi connectivity index (χ1) is 10.3. The van der Waals surface area contributed by atoms with Crippen LogP contribution in [0.3, 0.4) is 0 Å². The van der Waals surface area contributed by atoms with E-state index < -0.39 is 0 Å². The molecular formula is C15H11ClN4O. The van der Waals surface area contributed by atoms with E-state index in [1.54, 1.807) is 24.3 Å². The lowest BCUT2D eigenvalue weighted by Gasteiger charge is -2.10. The van der Waals surface area contributed by atoms with Crippen LogP contribution >= 0.6 is 11.6 Å². The Morgan fingerprint density at radius 3 is 2.33 bits per heavy atom. The minimum absolute atomic E-state index is 0.253. The molecule has 6 heteroatoms. The lowest BCUT2D eigenvalue weighted by Crippen LogP contribution is -2.30. The molecule has 0 aliphatic carbocycles. The quantitative estimate of drug-likeness (QED) is 0.729. The van der Waals surface area contributed by atoms with Gasteiger partial charge in [-0.15, -0.1) is 10.2 Å². The van der Waals surface area contributed by atoms with Gasteiger partial charge in [-0.1, -0.05) is 54.1 Å². The minimum atomic E-state index is -0.253. The summed E-state index contributed by atoms with van der Waals surface area (Å²) in [6.07, 6.45) is 0. The van der Waals surface area contributed by atoms with Crippen LogP contribution in [0.5, 0.6) is 0 Å². The highest BCUT2D eigenvalue weighted by Crippen LogP contribution is 2.24. The summed E-state index contributed by atoms with van der Waals surface area (Å²) in [5.74, 6) is 0.190. The fourth-order valence-corrected chi connectivity index (χ4v) is 2.14. The number of aromatic nitrogens is 2. The van der Waals surface area contributed by atoms with Gasteiger partial charge >= 0.3 is 0 Å². The Balaban J connectivity index is 1.83. The van der Waals surface area contributed by atoms with Gasteiger partial charge in [-0.3, -0.25) is 15.6 Å². The maximum atomic E-state index is 12.0. The number of carbonyl (C=O) groups is 1. The van der Waals surface area contributed by atoms with Crippen LogP contribution in [0.1, 0.15) is 10.4 Å². The molecule has 0 aliphatic rings. The molecule has 0 atom stereocenters. The first kappa shape index (κ1) is 13.3. The van der Waals surface area contributed by atoms with Gasteiger partial charge in [0.15, 0.2) is 11.0 Å². The molecule has 21 heavy (non-hydrogen) atoms. The second-order valence-electron chi connectivity index (χ2n) is 4.33. The molecule has 3 aromatic rings. The first-order valence-corrected chi connectivity index (χ1v) is 6.66. The Morgan fingerprint density at radius 2 is 1.57 bits per heavy atom. The normalized spacial score (nSPS) is 10.3. The van der Waals surface area contributed by atoms with Crippen LogP contribution in [0.15, 0.2) is 54.6 Å². The number of nitrogens with one attached hydrogen (secondary N) is 2. The molecule has 0 fully saturated rings. The van der Waals surface area contributed by atoms with Crippen molar-refractivity contribution in [3.63, 3.8) is 0 Å². The fraction of sp³-hybridized carbons (Fsp3) is 0. The number of carbonyl (C=O) groups excluding carboxylic acids is 1. The Hall–Kier alpha value is -2.66. The molecule has 3 rings (SSSR count). The van der Waals surface area contributed by atoms with Gasteiger partial charge in [0.1, 0.15) is 0 Å². The first-order valence-electron chi connectivity index (χ1n) is 6.28. The maximum absolute atomic E-state index is 12.0. The smallest absolute Gasteiger partial charge is 0.269 e. The molecular weight excluding hydrogens is 288 g/mol. The zero-order valence-electron chi connectivity index (χ0n) is 10.9. The highest BCUT2D eigenvalue weighted by atomic mass is 35.5. The Labute approximate surface area is 125 Å². The molecule has 0 aliphatic heterocycles. The molecule has 104 valence electrons. The van der Waals surface area contributed by atoms with Gasteiger partial charge in [0.25, 0.3) is 5.91 Å². The number of hydrogen-bond acceptors (Lipinski definition) is 4. The van der Waals surface area contributed by atoms with Crippen molar-refractivity contribution in [1.29, 1.82) is 0 Å². The average Bonchev–Trinajstić information content (AvgIpc) is 2.55. The number of nitrogens with zero attached hydrogens (tertiary/aromatic N) is 2. The van der Waals surface area contributed by atoms with Crippen LogP contribution in [0.4, 0.5) is 5.82 Å². The predicted octanol–water partition coefficient (Wildman–Crippen LogP) is 3.04. The molecule has 2 N–H and O–H groups in total. The lowest BCUT2D eigenvalue weighted by atomic mass is 10.2. The van der Waals surface area contributed by atoms with Gasteiger partial charge in [-0.25, -0.2) is 0 Å². The molecule has 1 aromatic heterocycles. The van der Waals surface area contributed by atoms with Gasteiger partial charge in [0.05, 0.1) is 0 Å². The van der Waals surface area contributed by atoms with E-state index >= 15 is 0 Å². The third-order valence-electron chi connectivity index (χ3n) is 2.97. The number of amides is 1. The van der Waals surface area contributed by atoms with E-state index in [1.807, 2.05) is 30.3 Å². The number of hydrogen-bond donors (Lipinski definition) is 2. The van der Waals surface area contributed by atoms with Crippen molar-refractivity contribution in [2.45, 2.75) is 0 Å². The summed E-state index contributed by atoms with van der Waals surface area (Å²) >= 11 is 6.00. The Kier molecular flexibility index (Phi) is 3.66. The van der Waals surface area contributed by atoms with E-state index in [2.05, 4.69) is 21.0 Å². The Bertz CT molecular complexity index is 792. The summed E-state index contributed by atoms with van der Waals surface area (Å²) in [4.78, 5) is 12.0. The van der Waals surface area contributed by atoms with E-state index in [9.17, 15) is 4.79 Å². The van der Waals surface area contributed by atoms with Crippen molar-refractivity contribution in [2.75, 3.05) is 5.43 Å². The topological polar surface area (TPSA) is 66.9 Å². The molecule has 0 saturated carbocycles. The molecule has 0 saturated heterocycles. The standard InChI is InChI=1S/C15H11ClN4O/c16-13-11-8-4-5-9-12(11)14(18-17-13)19-20-15(21)10-6-2-1-3-7-10/h1-9H,(H,18,19)(H,20,21). The summed E-state index contributed by atoms with van der Waals surface area (Å²) in [5.41, 5.74) is 5.93. The highest BCUT2D eigenvalue weighted by Gasteiger charge is 2.09. The van der Waals surface area contributed by atoms with Crippen LogP contribution in [-0.2, 0) is 0 Å². The van der Waals surface area contributed by atoms with Crippen LogP contribution in [0.25, 0.3) is 10.8 Å². The van der Waals surface area contributed by atoms with Crippen molar-refractivity contribution >= 4 is 34.1 Å². The summed E-state index contributed by atoms with van der Waals surface area (Å²) in [5, 5.41) is 9.70. The molecule has 0 bridgehead atoms. The molecule has 5 nitrogen and oxygen atoms in total. The van der Waals surface area contributed by atoms with Gasteiger partial charge in [-0.05, 0) is 12.1 Å². The highest BCUT2D eigenvalue weighted by molar-refractivity contribution is 6.34. The molecule has 0 radical (unpaired) electrons. The van der Waals surface area contributed by atoms with Crippen molar-refractivity contribution in [1.82, 2.24) is 15.6 Å².